The minimum atomic E-state index is 0.762. The third-order valence-electron chi connectivity index (χ3n) is 2.88. The number of rotatable bonds is 4. The van der Waals surface area contributed by atoms with E-state index in [1.165, 1.54) is 0 Å². The number of nitrogens with zero attached hydrogens (tertiary/aromatic N) is 3. The molecule has 1 aromatic carbocycles. The van der Waals surface area contributed by atoms with Gasteiger partial charge >= 0.3 is 0 Å². The second kappa shape index (κ2) is 5.83. The van der Waals surface area contributed by atoms with Crippen LogP contribution in [-0.4, -0.2) is 21.6 Å². The Morgan fingerprint density at radius 3 is 2.95 bits per heavy atom. The number of fused-ring (bicyclic) bond motifs is 1. The number of halogens is 1. The van der Waals surface area contributed by atoms with Crippen LogP contribution < -0.4 is 5.32 Å². The van der Waals surface area contributed by atoms with E-state index < -0.39 is 0 Å². The summed E-state index contributed by atoms with van der Waals surface area (Å²) in [6, 6.07) is 11.9. The number of hydrogen-bond donors (Lipinski definition) is 1. The molecule has 2 aromatic heterocycles. The minimum absolute atomic E-state index is 0.762. The van der Waals surface area contributed by atoms with Crippen LogP contribution in [0.15, 0.2) is 52.6 Å². The van der Waals surface area contributed by atoms with Gasteiger partial charge in [-0.05, 0) is 48.6 Å². The molecule has 2 heterocycles. The Labute approximate surface area is 126 Å². The number of hydrogen-bond acceptors (Lipinski definition) is 4. The van der Waals surface area contributed by atoms with E-state index in [0.29, 0.717) is 0 Å². The quantitative estimate of drug-likeness (QED) is 0.803. The van der Waals surface area contributed by atoms with Gasteiger partial charge in [0, 0.05) is 22.7 Å². The van der Waals surface area contributed by atoms with Crippen LogP contribution in [0.4, 0.5) is 0 Å². The first-order valence-corrected chi connectivity index (χ1v) is 7.38. The standard InChI is InChI=1S/C14H13ClN4S/c1-16-9-10-5-6-11(8-12(10)15)20-14-18-17-13-4-2-3-7-19(13)14/h2-8,16H,9H2,1H3. The van der Waals surface area contributed by atoms with Crippen LogP contribution in [-0.2, 0) is 6.54 Å². The van der Waals surface area contributed by atoms with Gasteiger partial charge in [-0.15, -0.1) is 10.2 Å². The lowest BCUT2D eigenvalue weighted by Crippen LogP contribution is -2.05. The SMILES string of the molecule is CNCc1ccc(Sc2nnc3ccccn23)cc1Cl. The molecule has 0 fully saturated rings. The Kier molecular flexibility index (Phi) is 3.91. The molecule has 6 heteroatoms. The van der Waals surface area contributed by atoms with Crippen molar-refractivity contribution >= 4 is 29.0 Å². The number of pyridine rings is 1. The van der Waals surface area contributed by atoms with Gasteiger partial charge in [0.25, 0.3) is 0 Å². The van der Waals surface area contributed by atoms with Crippen LogP contribution in [0, 0.1) is 0 Å². The summed E-state index contributed by atoms with van der Waals surface area (Å²) in [6.07, 6.45) is 1.95. The van der Waals surface area contributed by atoms with Crippen molar-refractivity contribution in [3.8, 4) is 0 Å². The first kappa shape index (κ1) is 13.4. The Morgan fingerprint density at radius 2 is 2.15 bits per heavy atom. The summed E-state index contributed by atoms with van der Waals surface area (Å²) >= 11 is 7.82. The van der Waals surface area contributed by atoms with E-state index in [1.807, 2.05) is 54.0 Å². The number of aromatic nitrogens is 3. The van der Waals surface area contributed by atoms with Crippen LogP contribution in [0.5, 0.6) is 0 Å². The van der Waals surface area contributed by atoms with E-state index in [-0.39, 0.29) is 0 Å². The van der Waals surface area contributed by atoms with Gasteiger partial charge in [-0.2, -0.15) is 0 Å². The Balaban J connectivity index is 1.89. The predicted molar refractivity (Wildman–Crippen MR) is 81.3 cm³/mol. The summed E-state index contributed by atoms with van der Waals surface area (Å²) in [6.45, 7) is 0.762. The van der Waals surface area contributed by atoms with Gasteiger partial charge in [0.05, 0.1) is 0 Å². The summed E-state index contributed by atoms with van der Waals surface area (Å²) in [5.41, 5.74) is 1.93. The molecule has 0 unspecified atom stereocenters. The second-order valence-corrected chi connectivity index (χ2v) is 5.74. The van der Waals surface area contributed by atoms with Crippen molar-refractivity contribution in [1.82, 2.24) is 19.9 Å². The summed E-state index contributed by atoms with van der Waals surface area (Å²) in [7, 11) is 1.90. The van der Waals surface area contributed by atoms with Gasteiger partial charge in [-0.1, -0.05) is 23.7 Å². The minimum Gasteiger partial charge on any atom is -0.316 e. The van der Waals surface area contributed by atoms with E-state index in [2.05, 4.69) is 15.5 Å². The molecule has 0 saturated heterocycles. The van der Waals surface area contributed by atoms with Gasteiger partial charge in [-0.3, -0.25) is 4.40 Å². The first-order valence-electron chi connectivity index (χ1n) is 6.18. The molecular formula is C14H13ClN4S. The molecule has 0 aliphatic heterocycles. The molecule has 3 rings (SSSR count). The zero-order valence-corrected chi connectivity index (χ0v) is 12.4. The zero-order valence-electron chi connectivity index (χ0n) is 10.9. The number of benzene rings is 1. The van der Waals surface area contributed by atoms with Crippen molar-refractivity contribution in [2.45, 2.75) is 16.6 Å². The molecule has 3 aromatic rings. The van der Waals surface area contributed by atoms with E-state index >= 15 is 0 Å². The summed E-state index contributed by atoms with van der Waals surface area (Å²) in [5, 5.41) is 13.0. The van der Waals surface area contributed by atoms with Crippen LogP contribution in [0.1, 0.15) is 5.56 Å². The molecule has 1 N–H and O–H groups in total. The summed E-state index contributed by atoms with van der Waals surface area (Å²) in [4.78, 5) is 1.05. The summed E-state index contributed by atoms with van der Waals surface area (Å²) < 4.78 is 1.96. The first-order chi connectivity index (χ1) is 9.78. The van der Waals surface area contributed by atoms with Crippen molar-refractivity contribution in [3.63, 3.8) is 0 Å². The highest BCUT2D eigenvalue weighted by atomic mass is 35.5. The van der Waals surface area contributed by atoms with E-state index in [1.54, 1.807) is 11.8 Å². The van der Waals surface area contributed by atoms with Crippen molar-refractivity contribution < 1.29 is 0 Å². The maximum absolute atomic E-state index is 6.27. The zero-order chi connectivity index (χ0) is 13.9. The molecule has 0 saturated carbocycles. The van der Waals surface area contributed by atoms with E-state index in [4.69, 9.17) is 11.6 Å². The topological polar surface area (TPSA) is 42.2 Å². The van der Waals surface area contributed by atoms with Crippen LogP contribution in [0.2, 0.25) is 5.02 Å². The normalized spacial score (nSPS) is 11.1. The van der Waals surface area contributed by atoms with Crippen molar-refractivity contribution in [3.05, 3.63) is 53.2 Å². The molecule has 0 spiro atoms. The molecule has 0 bridgehead atoms. The fourth-order valence-corrected chi connectivity index (χ4v) is 3.09. The molecule has 20 heavy (non-hydrogen) atoms. The molecule has 0 aliphatic rings. The van der Waals surface area contributed by atoms with Gasteiger partial charge in [-0.25, -0.2) is 0 Å². The molecule has 0 radical (unpaired) electrons. The van der Waals surface area contributed by atoms with Crippen LogP contribution in [0.25, 0.3) is 5.65 Å². The van der Waals surface area contributed by atoms with Gasteiger partial charge in [0.1, 0.15) is 0 Å². The monoisotopic (exact) mass is 304 g/mol. The highest BCUT2D eigenvalue weighted by Crippen LogP contribution is 2.30. The van der Waals surface area contributed by atoms with Crippen LogP contribution in [0.3, 0.4) is 0 Å². The molecule has 102 valence electrons. The highest BCUT2D eigenvalue weighted by Gasteiger charge is 2.08. The lowest BCUT2D eigenvalue weighted by atomic mass is 10.2. The average molecular weight is 305 g/mol. The van der Waals surface area contributed by atoms with E-state index in [0.717, 1.165) is 32.8 Å². The lowest BCUT2D eigenvalue weighted by molar-refractivity contribution is 0.817. The van der Waals surface area contributed by atoms with Gasteiger partial charge in [0.15, 0.2) is 10.8 Å². The predicted octanol–water partition coefficient (Wildman–Crippen LogP) is 3.25. The second-order valence-electron chi connectivity index (χ2n) is 4.30. The Hall–Kier alpha value is -1.56. The van der Waals surface area contributed by atoms with Gasteiger partial charge in [0.2, 0.25) is 0 Å². The molecule has 0 amide bonds. The fourth-order valence-electron chi connectivity index (χ4n) is 1.92. The maximum Gasteiger partial charge on any atom is 0.200 e. The fraction of sp³-hybridized carbons (Fsp3) is 0.143. The lowest BCUT2D eigenvalue weighted by Gasteiger charge is -2.06. The van der Waals surface area contributed by atoms with Gasteiger partial charge < -0.3 is 5.32 Å². The molecule has 0 aliphatic carbocycles. The van der Waals surface area contributed by atoms with E-state index in [9.17, 15) is 0 Å². The molecular weight excluding hydrogens is 292 g/mol. The molecule has 0 atom stereocenters. The van der Waals surface area contributed by atoms with Crippen molar-refractivity contribution in [2.24, 2.45) is 0 Å². The number of nitrogens with one attached hydrogen (secondary N) is 1. The largest absolute Gasteiger partial charge is 0.316 e. The van der Waals surface area contributed by atoms with Crippen molar-refractivity contribution in [1.29, 1.82) is 0 Å². The average Bonchev–Trinajstić information content (AvgIpc) is 2.86. The van der Waals surface area contributed by atoms with Crippen LogP contribution >= 0.6 is 23.4 Å². The third-order valence-corrected chi connectivity index (χ3v) is 4.19. The highest BCUT2D eigenvalue weighted by molar-refractivity contribution is 7.99. The van der Waals surface area contributed by atoms with Crippen molar-refractivity contribution in [2.75, 3.05) is 7.05 Å². The smallest absolute Gasteiger partial charge is 0.200 e. The summed E-state index contributed by atoms with van der Waals surface area (Å²) in [5.74, 6) is 0. The molecule has 4 nitrogen and oxygen atoms in total. The third kappa shape index (κ3) is 2.65. The Morgan fingerprint density at radius 1 is 1.25 bits per heavy atom. The Bertz CT molecular complexity index is 741. The maximum atomic E-state index is 6.27.